The van der Waals surface area contributed by atoms with Crippen molar-refractivity contribution in [2.45, 2.75) is 78.6 Å². The first kappa shape index (κ1) is 14.0. The van der Waals surface area contributed by atoms with Gasteiger partial charge in [-0.3, -0.25) is 0 Å². The van der Waals surface area contributed by atoms with E-state index in [-0.39, 0.29) is 11.5 Å². The average molecular weight is 228 g/mol. The molecule has 3 atom stereocenters. The molecule has 2 heteroatoms. The van der Waals surface area contributed by atoms with Gasteiger partial charge in [0.2, 0.25) is 0 Å². The van der Waals surface area contributed by atoms with Gasteiger partial charge in [-0.05, 0) is 30.6 Å². The van der Waals surface area contributed by atoms with E-state index in [1.54, 1.807) is 0 Å². The van der Waals surface area contributed by atoms with E-state index in [0.717, 1.165) is 19.3 Å². The molecule has 0 bridgehead atoms. The summed E-state index contributed by atoms with van der Waals surface area (Å²) in [7, 11) is 0. The fourth-order valence-electron chi connectivity index (χ4n) is 2.77. The number of hydrogen-bond acceptors (Lipinski definition) is 2. The minimum absolute atomic E-state index is 0.260. The third kappa shape index (κ3) is 4.06. The van der Waals surface area contributed by atoms with Gasteiger partial charge in [0.25, 0.3) is 0 Å². The zero-order valence-corrected chi connectivity index (χ0v) is 11.3. The van der Waals surface area contributed by atoms with Crippen LogP contribution in [0.4, 0.5) is 0 Å². The van der Waals surface area contributed by atoms with Gasteiger partial charge in [-0.25, -0.2) is 0 Å². The second-order valence-electron chi connectivity index (χ2n) is 6.17. The highest BCUT2D eigenvalue weighted by Crippen LogP contribution is 2.39. The first-order valence-electron chi connectivity index (χ1n) is 6.78. The molecule has 0 aromatic carbocycles. The summed E-state index contributed by atoms with van der Waals surface area (Å²) in [6.07, 6.45) is 6.35. The minimum Gasteiger partial charge on any atom is -0.368 e. The largest absolute Gasteiger partial charge is 0.368 e. The Labute approximate surface area is 100 Å². The van der Waals surface area contributed by atoms with Crippen molar-refractivity contribution in [1.82, 2.24) is 0 Å². The van der Waals surface area contributed by atoms with Crippen LogP contribution < -0.4 is 0 Å². The van der Waals surface area contributed by atoms with E-state index in [1.165, 1.54) is 19.3 Å². The number of ether oxygens (including phenoxy) is 1. The molecule has 16 heavy (non-hydrogen) atoms. The molecule has 0 saturated heterocycles. The van der Waals surface area contributed by atoms with Crippen LogP contribution in [0.2, 0.25) is 0 Å². The van der Waals surface area contributed by atoms with Crippen molar-refractivity contribution in [3.05, 3.63) is 0 Å². The summed E-state index contributed by atoms with van der Waals surface area (Å²) in [5.41, 5.74) is 0.289. The highest BCUT2D eigenvalue weighted by molar-refractivity contribution is 4.84. The molecule has 0 aromatic heterocycles. The van der Waals surface area contributed by atoms with E-state index in [2.05, 4.69) is 27.7 Å². The van der Waals surface area contributed by atoms with Gasteiger partial charge < -0.3 is 9.84 Å². The zero-order valence-electron chi connectivity index (χ0n) is 11.3. The van der Waals surface area contributed by atoms with Crippen LogP contribution in [0, 0.1) is 11.3 Å². The predicted molar refractivity (Wildman–Crippen MR) is 67.2 cm³/mol. The molecule has 0 amide bonds. The molecule has 0 aromatic rings. The standard InChI is InChI=1S/C14H28O2/c1-5-8-13(15)16-12-10-7-6-9-11(12)14(2,3)4/h11-13,15H,5-10H2,1-4H3. The van der Waals surface area contributed by atoms with Crippen molar-refractivity contribution in [2.75, 3.05) is 0 Å². The number of aliphatic hydroxyl groups excluding tert-OH is 1. The third-order valence-electron chi connectivity index (χ3n) is 3.68. The lowest BCUT2D eigenvalue weighted by Gasteiger charge is -2.41. The molecule has 1 rings (SSSR count). The van der Waals surface area contributed by atoms with Crippen LogP contribution in [-0.2, 0) is 4.74 Å². The molecule has 3 unspecified atom stereocenters. The molecule has 2 nitrogen and oxygen atoms in total. The Morgan fingerprint density at radius 3 is 2.44 bits per heavy atom. The first-order valence-corrected chi connectivity index (χ1v) is 6.78. The van der Waals surface area contributed by atoms with Crippen LogP contribution in [0.1, 0.15) is 66.2 Å². The van der Waals surface area contributed by atoms with Gasteiger partial charge in [-0.2, -0.15) is 0 Å². The van der Waals surface area contributed by atoms with Crippen LogP contribution in [0.5, 0.6) is 0 Å². The van der Waals surface area contributed by atoms with Crippen LogP contribution >= 0.6 is 0 Å². The van der Waals surface area contributed by atoms with Crippen molar-refractivity contribution >= 4 is 0 Å². The molecule has 0 radical (unpaired) electrons. The summed E-state index contributed by atoms with van der Waals surface area (Å²) in [5.74, 6) is 0.591. The molecular weight excluding hydrogens is 200 g/mol. The van der Waals surface area contributed by atoms with Gasteiger partial charge >= 0.3 is 0 Å². The summed E-state index contributed by atoms with van der Waals surface area (Å²) in [5, 5.41) is 9.76. The van der Waals surface area contributed by atoms with Crippen molar-refractivity contribution in [3.63, 3.8) is 0 Å². The maximum atomic E-state index is 9.76. The maximum Gasteiger partial charge on any atom is 0.154 e. The number of rotatable bonds is 4. The molecule has 0 heterocycles. The second kappa shape index (κ2) is 6.02. The molecule has 1 saturated carbocycles. The van der Waals surface area contributed by atoms with Crippen molar-refractivity contribution in [2.24, 2.45) is 11.3 Å². The van der Waals surface area contributed by atoms with Crippen molar-refractivity contribution < 1.29 is 9.84 Å². The highest BCUT2D eigenvalue weighted by atomic mass is 16.6. The molecule has 1 aliphatic rings. The van der Waals surface area contributed by atoms with Gasteiger partial charge in [0.15, 0.2) is 6.29 Å². The van der Waals surface area contributed by atoms with Gasteiger partial charge in [-0.15, -0.1) is 0 Å². The minimum atomic E-state index is -0.557. The lowest BCUT2D eigenvalue weighted by atomic mass is 9.70. The highest BCUT2D eigenvalue weighted by Gasteiger charge is 2.35. The van der Waals surface area contributed by atoms with Gasteiger partial charge in [-0.1, -0.05) is 47.0 Å². The Morgan fingerprint density at radius 2 is 1.88 bits per heavy atom. The van der Waals surface area contributed by atoms with E-state index in [4.69, 9.17) is 4.74 Å². The monoisotopic (exact) mass is 228 g/mol. The summed E-state index contributed by atoms with van der Waals surface area (Å²) >= 11 is 0. The van der Waals surface area contributed by atoms with Gasteiger partial charge in [0, 0.05) is 0 Å². The van der Waals surface area contributed by atoms with Crippen molar-refractivity contribution in [3.8, 4) is 0 Å². The van der Waals surface area contributed by atoms with E-state index in [1.807, 2.05) is 0 Å². The third-order valence-corrected chi connectivity index (χ3v) is 3.68. The Morgan fingerprint density at radius 1 is 1.25 bits per heavy atom. The maximum absolute atomic E-state index is 9.76. The van der Waals surface area contributed by atoms with Crippen LogP contribution in [0.3, 0.4) is 0 Å². The average Bonchev–Trinajstić information content (AvgIpc) is 2.17. The van der Waals surface area contributed by atoms with E-state index < -0.39 is 6.29 Å². The lowest BCUT2D eigenvalue weighted by Crippen LogP contribution is -2.38. The Kier molecular flexibility index (Phi) is 5.26. The predicted octanol–water partition coefficient (Wildman–Crippen LogP) is 3.73. The molecular formula is C14H28O2. The normalized spacial score (nSPS) is 29.1. The fraction of sp³-hybridized carbons (Fsp3) is 1.00. The fourth-order valence-corrected chi connectivity index (χ4v) is 2.77. The molecule has 1 N–H and O–H groups in total. The summed E-state index contributed by atoms with van der Waals surface area (Å²) < 4.78 is 5.83. The molecule has 1 fully saturated rings. The first-order chi connectivity index (χ1) is 7.45. The molecule has 1 aliphatic carbocycles. The number of hydrogen-bond donors (Lipinski definition) is 1. The topological polar surface area (TPSA) is 29.5 Å². The van der Waals surface area contributed by atoms with E-state index >= 15 is 0 Å². The molecule has 0 spiro atoms. The van der Waals surface area contributed by atoms with Crippen LogP contribution in [-0.4, -0.2) is 17.5 Å². The summed E-state index contributed by atoms with van der Waals surface area (Å²) in [4.78, 5) is 0. The van der Waals surface area contributed by atoms with E-state index in [0.29, 0.717) is 5.92 Å². The quantitative estimate of drug-likeness (QED) is 0.743. The van der Waals surface area contributed by atoms with Crippen LogP contribution in [0.25, 0.3) is 0 Å². The van der Waals surface area contributed by atoms with Crippen LogP contribution in [0.15, 0.2) is 0 Å². The molecule has 0 aliphatic heterocycles. The summed E-state index contributed by atoms with van der Waals surface area (Å²) in [6, 6.07) is 0. The van der Waals surface area contributed by atoms with Gasteiger partial charge in [0.05, 0.1) is 6.10 Å². The summed E-state index contributed by atoms with van der Waals surface area (Å²) in [6.45, 7) is 8.93. The lowest BCUT2D eigenvalue weighted by molar-refractivity contribution is -0.173. The Balaban J connectivity index is 2.53. The Bertz CT molecular complexity index is 195. The van der Waals surface area contributed by atoms with Crippen molar-refractivity contribution in [1.29, 1.82) is 0 Å². The second-order valence-corrected chi connectivity index (χ2v) is 6.17. The smallest absolute Gasteiger partial charge is 0.154 e. The number of aliphatic hydroxyl groups is 1. The zero-order chi connectivity index (χ0) is 12.2. The van der Waals surface area contributed by atoms with Gasteiger partial charge in [0.1, 0.15) is 0 Å². The SMILES string of the molecule is CCCC(O)OC1CCCCC1C(C)(C)C. The Hall–Kier alpha value is -0.0800. The molecule has 96 valence electrons. The van der Waals surface area contributed by atoms with E-state index in [9.17, 15) is 5.11 Å².